The molecule has 2 aromatic rings. The van der Waals surface area contributed by atoms with Crippen LogP contribution in [0, 0.1) is 17.3 Å². The summed E-state index contributed by atoms with van der Waals surface area (Å²) in [4.78, 5) is 12.5. The number of nitrogen functional groups attached to an aromatic ring is 1. The van der Waals surface area contributed by atoms with Gasteiger partial charge in [-0.2, -0.15) is 0 Å². The summed E-state index contributed by atoms with van der Waals surface area (Å²) in [6.07, 6.45) is 4.03. The van der Waals surface area contributed by atoms with Crippen LogP contribution in [0.1, 0.15) is 27.2 Å². The van der Waals surface area contributed by atoms with Crippen molar-refractivity contribution in [1.82, 2.24) is 19.5 Å². The first-order valence-corrected chi connectivity index (χ1v) is 7.00. The molecule has 1 saturated carbocycles. The van der Waals surface area contributed by atoms with E-state index in [4.69, 9.17) is 5.73 Å². The highest BCUT2D eigenvalue weighted by atomic mass is 16.3. The standard InChI is InChI=1S/C14H21N5O/c1-8(20)10-4-9(14(10,2)3)5-19-7-18-11-12(15)16-6-17-13(11)19/h6-10,20H,4-5H2,1-3H3,(H2,15,16,17)/t8-,9+,10-/m0/s1. The molecule has 0 saturated heterocycles. The molecule has 6 heteroatoms. The minimum Gasteiger partial charge on any atom is -0.393 e. The second kappa shape index (κ2) is 4.41. The lowest BCUT2D eigenvalue weighted by molar-refractivity contribution is -0.0934. The van der Waals surface area contributed by atoms with Crippen molar-refractivity contribution in [1.29, 1.82) is 0 Å². The van der Waals surface area contributed by atoms with Gasteiger partial charge in [0.15, 0.2) is 11.5 Å². The Labute approximate surface area is 118 Å². The molecule has 0 unspecified atom stereocenters. The molecule has 1 aliphatic rings. The summed E-state index contributed by atoms with van der Waals surface area (Å²) in [5.74, 6) is 1.29. The molecule has 0 bridgehead atoms. The topological polar surface area (TPSA) is 89.8 Å². The average molecular weight is 275 g/mol. The molecule has 3 N–H and O–H groups in total. The van der Waals surface area contributed by atoms with Crippen molar-refractivity contribution in [3.05, 3.63) is 12.7 Å². The zero-order valence-electron chi connectivity index (χ0n) is 12.1. The van der Waals surface area contributed by atoms with Crippen molar-refractivity contribution in [3.8, 4) is 0 Å². The molecule has 0 radical (unpaired) electrons. The molecule has 20 heavy (non-hydrogen) atoms. The molecule has 1 fully saturated rings. The van der Waals surface area contributed by atoms with Crippen LogP contribution in [0.5, 0.6) is 0 Å². The maximum Gasteiger partial charge on any atom is 0.165 e. The van der Waals surface area contributed by atoms with Gasteiger partial charge in [0, 0.05) is 6.54 Å². The number of hydrogen-bond acceptors (Lipinski definition) is 5. The van der Waals surface area contributed by atoms with Crippen LogP contribution < -0.4 is 5.73 Å². The number of nitrogens with two attached hydrogens (primary N) is 1. The minimum absolute atomic E-state index is 0.128. The molecule has 0 aliphatic heterocycles. The Morgan fingerprint density at radius 2 is 2.20 bits per heavy atom. The van der Waals surface area contributed by atoms with Crippen molar-refractivity contribution >= 4 is 17.0 Å². The SMILES string of the molecule is C[C@H](O)[C@@H]1C[C@H](Cn2cnc3c(N)ncnc32)C1(C)C. The molecule has 3 rings (SSSR count). The number of aliphatic hydroxyl groups is 1. The summed E-state index contributed by atoms with van der Waals surface area (Å²) >= 11 is 0. The number of hydrogen-bond donors (Lipinski definition) is 2. The highest BCUT2D eigenvalue weighted by Gasteiger charge is 2.49. The summed E-state index contributed by atoms with van der Waals surface area (Å²) in [6.45, 7) is 7.17. The van der Waals surface area contributed by atoms with Crippen LogP contribution in [0.4, 0.5) is 5.82 Å². The third-order valence-electron chi connectivity index (χ3n) is 4.98. The van der Waals surface area contributed by atoms with Gasteiger partial charge in [0.2, 0.25) is 0 Å². The van der Waals surface area contributed by atoms with Crippen LogP contribution >= 0.6 is 0 Å². The third-order valence-corrected chi connectivity index (χ3v) is 4.98. The minimum atomic E-state index is -0.251. The second-order valence-electron chi connectivity index (χ2n) is 6.43. The lowest BCUT2D eigenvalue weighted by Crippen LogP contribution is -2.51. The molecule has 108 valence electrons. The number of nitrogens with zero attached hydrogens (tertiary/aromatic N) is 4. The smallest absolute Gasteiger partial charge is 0.165 e. The third kappa shape index (κ3) is 1.86. The zero-order valence-corrected chi connectivity index (χ0v) is 12.1. The molecule has 0 aromatic carbocycles. The summed E-state index contributed by atoms with van der Waals surface area (Å²) in [7, 11) is 0. The van der Waals surface area contributed by atoms with Crippen molar-refractivity contribution in [2.45, 2.75) is 39.8 Å². The maximum atomic E-state index is 9.80. The first-order valence-electron chi connectivity index (χ1n) is 7.00. The Morgan fingerprint density at radius 1 is 1.45 bits per heavy atom. The van der Waals surface area contributed by atoms with E-state index in [2.05, 4.69) is 28.8 Å². The van der Waals surface area contributed by atoms with E-state index in [0.717, 1.165) is 18.6 Å². The van der Waals surface area contributed by atoms with Crippen LogP contribution in [0.25, 0.3) is 11.2 Å². The van der Waals surface area contributed by atoms with Crippen LogP contribution in [-0.4, -0.2) is 30.7 Å². The van der Waals surface area contributed by atoms with Gasteiger partial charge in [-0.3, -0.25) is 0 Å². The zero-order chi connectivity index (χ0) is 14.5. The van der Waals surface area contributed by atoms with Gasteiger partial charge >= 0.3 is 0 Å². The fourth-order valence-electron chi connectivity index (χ4n) is 3.45. The summed E-state index contributed by atoms with van der Waals surface area (Å²) in [5, 5.41) is 9.80. The van der Waals surface area contributed by atoms with E-state index in [1.54, 1.807) is 6.33 Å². The Morgan fingerprint density at radius 3 is 2.85 bits per heavy atom. The molecular formula is C14H21N5O. The monoisotopic (exact) mass is 275 g/mol. The fourth-order valence-corrected chi connectivity index (χ4v) is 3.45. The highest BCUT2D eigenvalue weighted by molar-refractivity contribution is 5.81. The fraction of sp³-hybridized carbons (Fsp3) is 0.643. The Hall–Kier alpha value is -1.69. The van der Waals surface area contributed by atoms with Crippen molar-refractivity contribution in [2.75, 3.05) is 5.73 Å². The lowest BCUT2D eigenvalue weighted by atomic mass is 9.53. The van der Waals surface area contributed by atoms with E-state index in [1.165, 1.54) is 6.33 Å². The molecule has 6 nitrogen and oxygen atoms in total. The van der Waals surface area contributed by atoms with Gasteiger partial charge in [0.1, 0.15) is 11.8 Å². The van der Waals surface area contributed by atoms with Gasteiger partial charge in [-0.05, 0) is 30.6 Å². The van der Waals surface area contributed by atoms with Gasteiger partial charge in [-0.25, -0.2) is 15.0 Å². The van der Waals surface area contributed by atoms with E-state index in [1.807, 2.05) is 11.5 Å². The predicted molar refractivity (Wildman–Crippen MR) is 76.8 cm³/mol. The van der Waals surface area contributed by atoms with Gasteiger partial charge < -0.3 is 15.4 Å². The predicted octanol–water partition coefficient (Wildman–Crippen LogP) is 1.45. The number of aliphatic hydroxyl groups excluding tert-OH is 1. The van der Waals surface area contributed by atoms with Crippen molar-refractivity contribution in [2.24, 2.45) is 17.3 Å². The molecular weight excluding hydrogens is 254 g/mol. The Balaban J connectivity index is 1.83. The van der Waals surface area contributed by atoms with E-state index in [9.17, 15) is 5.11 Å². The normalized spacial score (nSPS) is 26.4. The first kappa shape index (κ1) is 13.3. The summed E-state index contributed by atoms with van der Waals surface area (Å²) in [5.41, 5.74) is 7.38. The van der Waals surface area contributed by atoms with E-state index in [-0.39, 0.29) is 11.5 Å². The van der Waals surface area contributed by atoms with E-state index < -0.39 is 0 Å². The molecule has 0 amide bonds. The highest BCUT2D eigenvalue weighted by Crippen LogP contribution is 2.53. The Bertz CT molecular complexity index is 634. The quantitative estimate of drug-likeness (QED) is 0.885. The van der Waals surface area contributed by atoms with Crippen LogP contribution in [0.2, 0.25) is 0 Å². The second-order valence-corrected chi connectivity index (χ2v) is 6.43. The van der Waals surface area contributed by atoms with Crippen LogP contribution in [0.15, 0.2) is 12.7 Å². The van der Waals surface area contributed by atoms with Gasteiger partial charge in [-0.1, -0.05) is 13.8 Å². The van der Waals surface area contributed by atoms with Gasteiger partial charge in [0.25, 0.3) is 0 Å². The van der Waals surface area contributed by atoms with Gasteiger partial charge in [-0.15, -0.1) is 0 Å². The van der Waals surface area contributed by atoms with Crippen LogP contribution in [0.3, 0.4) is 0 Å². The van der Waals surface area contributed by atoms with E-state index in [0.29, 0.717) is 23.2 Å². The lowest BCUT2D eigenvalue weighted by Gasteiger charge is -2.53. The molecule has 3 atom stereocenters. The number of aromatic nitrogens is 4. The Kier molecular flexibility index (Phi) is 2.93. The molecule has 0 spiro atoms. The number of imidazole rings is 1. The first-order chi connectivity index (χ1) is 9.41. The largest absolute Gasteiger partial charge is 0.393 e. The maximum absolute atomic E-state index is 9.80. The summed E-state index contributed by atoms with van der Waals surface area (Å²) in [6, 6.07) is 0. The average Bonchev–Trinajstić information content (AvgIpc) is 2.78. The van der Waals surface area contributed by atoms with Gasteiger partial charge in [0.05, 0.1) is 12.4 Å². The van der Waals surface area contributed by atoms with E-state index >= 15 is 0 Å². The summed E-state index contributed by atoms with van der Waals surface area (Å²) < 4.78 is 2.04. The van der Waals surface area contributed by atoms with Crippen LogP contribution in [-0.2, 0) is 6.54 Å². The van der Waals surface area contributed by atoms with Crippen molar-refractivity contribution in [3.63, 3.8) is 0 Å². The molecule has 2 heterocycles. The number of anilines is 1. The molecule has 2 aromatic heterocycles. The number of rotatable bonds is 3. The van der Waals surface area contributed by atoms with Crippen molar-refractivity contribution < 1.29 is 5.11 Å². The molecule has 1 aliphatic carbocycles. The number of fused-ring (bicyclic) bond motifs is 1.